The Bertz CT molecular complexity index is 957. The zero-order chi connectivity index (χ0) is 19.9. The number of carboxylic acids is 1. The van der Waals surface area contributed by atoms with E-state index in [-0.39, 0.29) is 5.56 Å². The van der Waals surface area contributed by atoms with Gasteiger partial charge in [0.05, 0.1) is 18.4 Å². The Hall–Kier alpha value is -3.18. The van der Waals surface area contributed by atoms with Crippen LogP contribution in [0.25, 0.3) is 0 Å². The van der Waals surface area contributed by atoms with Crippen LogP contribution in [0.2, 0.25) is 5.02 Å². The van der Waals surface area contributed by atoms with E-state index in [0.717, 1.165) is 16.9 Å². The Kier molecular flexibility index (Phi) is 6.40. The molecular weight excluding hydrogens is 378 g/mol. The van der Waals surface area contributed by atoms with E-state index >= 15 is 0 Å². The number of benzene rings is 3. The zero-order valence-electron chi connectivity index (χ0n) is 15.3. The Morgan fingerprint density at radius 2 is 1.82 bits per heavy atom. The predicted octanol–water partition coefficient (Wildman–Crippen LogP) is 5.24. The number of methoxy groups -OCH3 is 1. The van der Waals surface area contributed by atoms with E-state index in [1.807, 2.05) is 48.5 Å². The Balaban J connectivity index is 1.61. The number of hydrogen-bond acceptors (Lipinski definition) is 4. The highest BCUT2D eigenvalue weighted by atomic mass is 35.5. The molecule has 0 aliphatic rings. The lowest BCUT2D eigenvalue weighted by molar-refractivity contribution is 0.0697. The van der Waals surface area contributed by atoms with E-state index in [1.165, 1.54) is 6.07 Å². The van der Waals surface area contributed by atoms with Crippen molar-refractivity contribution < 1.29 is 19.4 Å². The summed E-state index contributed by atoms with van der Waals surface area (Å²) in [4.78, 5) is 11.2. The maximum Gasteiger partial charge on any atom is 0.335 e. The summed E-state index contributed by atoms with van der Waals surface area (Å²) in [6.07, 6.45) is 0. The Morgan fingerprint density at radius 1 is 1.07 bits per heavy atom. The first-order valence-corrected chi connectivity index (χ1v) is 9.05. The molecule has 0 bridgehead atoms. The first-order chi connectivity index (χ1) is 13.6. The van der Waals surface area contributed by atoms with Gasteiger partial charge in [-0.05, 0) is 42.0 Å². The first-order valence-electron chi connectivity index (χ1n) is 8.67. The van der Waals surface area contributed by atoms with E-state index in [9.17, 15) is 4.79 Å². The van der Waals surface area contributed by atoms with Crippen molar-refractivity contribution in [2.75, 3.05) is 12.4 Å². The molecule has 0 saturated heterocycles. The van der Waals surface area contributed by atoms with E-state index in [2.05, 4.69) is 5.32 Å². The molecule has 0 atom stereocenters. The minimum atomic E-state index is -0.981. The highest BCUT2D eigenvalue weighted by Gasteiger charge is 2.09. The van der Waals surface area contributed by atoms with Crippen molar-refractivity contribution in [3.63, 3.8) is 0 Å². The molecule has 3 aromatic rings. The summed E-state index contributed by atoms with van der Waals surface area (Å²) in [7, 11) is 1.55. The van der Waals surface area contributed by atoms with Crippen molar-refractivity contribution in [3.8, 4) is 11.5 Å². The van der Waals surface area contributed by atoms with Gasteiger partial charge >= 0.3 is 5.97 Å². The second kappa shape index (κ2) is 9.15. The molecule has 0 amide bonds. The molecular formula is C22H20ClNO4. The molecule has 0 aliphatic heterocycles. The topological polar surface area (TPSA) is 67.8 Å². The van der Waals surface area contributed by atoms with Gasteiger partial charge < -0.3 is 19.9 Å². The number of hydrogen-bond donors (Lipinski definition) is 2. The van der Waals surface area contributed by atoms with Gasteiger partial charge in [0.2, 0.25) is 0 Å². The van der Waals surface area contributed by atoms with Gasteiger partial charge in [-0.1, -0.05) is 41.9 Å². The number of aromatic carboxylic acids is 1. The largest absolute Gasteiger partial charge is 0.495 e. The number of carbonyl (C=O) groups is 1. The summed E-state index contributed by atoms with van der Waals surface area (Å²) < 4.78 is 11.1. The SMILES string of the molecule is COc1ccc(C(=O)O)cc1NCc1ccc(OCc2ccccc2Cl)cc1. The van der Waals surface area contributed by atoms with Crippen LogP contribution < -0.4 is 14.8 Å². The quantitative estimate of drug-likeness (QED) is 0.544. The summed E-state index contributed by atoms with van der Waals surface area (Å²) in [5.74, 6) is 0.351. The van der Waals surface area contributed by atoms with Gasteiger partial charge in [0.1, 0.15) is 18.1 Å². The lowest BCUT2D eigenvalue weighted by Crippen LogP contribution is -2.04. The van der Waals surface area contributed by atoms with E-state index in [1.54, 1.807) is 19.2 Å². The minimum Gasteiger partial charge on any atom is -0.495 e. The van der Waals surface area contributed by atoms with Crippen molar-refractivity contribution in [1.82, 2.24) is 0 Å². The highest BCUT2D eigenvalue weighted by Crippen LogP contribution is 2.26. The molecule has 28 heavy (non-hydrogen) atoms. The van der Waals surface area contributed by atoms with Crippen LogP contribution >= 0.6 is 11.6 Å². The highest BCUT2D eigenvalue weighted by molar-refractivity contribution is 6.31. The fraction of sp³-hybridized carbons (Fsp3) is 0.136. The van der Waals surface area contributed by atoms with Crippen molar-refractivity contribution in [3.05, 3.63) is 88.4 Å². The smallest absolute Gasteiger partial charge is 0.335 e. The minimum absolute atomic E-state index is 0.201. The van der Waals surface area contributed by atoms with Crippen LogP contribution in [0.4, 0.5) is 5.69 Å². The third-order valence-electron chi connectivity index (χ3n) is 4.20. The molecule has 144 valence electrons. The fourth-order valence-corrected chi connectivity index (χ4v) is 2.85. The third kappa shape index (κ3) is 4.96. The van der Waals surface area contributed by atoms with E-state index < -0.39 is 5.97 Å². The van der Waals surface area contributed by atoms with Gasteiger partial charge in [0.25, 0.3) is 0 Å². The molecule has 0 fully saturated rings. The van der Waals surface area contributed by atoms with Crippen LogP contribution in [0.3, 0.4) is 0 Å². The molecule has 3 aromatic carbocycles. The van der Waals surface area contributed by atoms with Gasteiger partial charge in [-0.25, -0.2) is 4.79 Å². The number of rotatable bonds is 8. The summed E-state index contributed by atoms with van der Waals surface area (Å²) in [6, 6.07) is 19.9. The number of anilines is 1. The van der Waals surface area contributed by atoms with Gasteiger partial charge in [0, 0.05) is 17.1 Å². The maximum absolute atomic E-state index is 11.2. The Morgan fingerprint density at radius 3 is 2.50 bits per heavy atom. The molecule has 2 N–H and O–H groups in total. The number of ether oxygens (including phenoxy) is 2. The van der Waals surface area contributed by atoms with Crippen molar-refractivity contribution in [2.24, 2.45) is 0 Å². The number of carboxylic acid groups (broad SMARTS) is 1. The lowest BCUT2D eigenvalue weighted by Gasteiger charge is -2.13. The number of nitrogens with one attached hydrogen (secondary N) is 1. The summed E-state index contributed by atoms with van der Waals surface area (Å²) in [5.41, 5.74) is 2.78. The molecule has 6 heteroatoms. The lowest BCUT2D eigenvalue weighted by atomic mass is 10.1. The van der Waals surface area contributed by atoms with Gasteiger partial charge in [-0.3, -0.25) is 0 Å². The average molecular weight is 398 g/mol. The molecule has 0 spiro atoms. The standard InChI is InChI=1S/C22H20ClNO4/c1-27-21-11-8-16(22(25)26)12-20(21)24-13-15-6-9-18(10-7-15)28-14-17-4-2-3-5-19(17)23/h2-12,24H,13-14H2,1H3,(H,25,26). The molecule has 0 heterocycles. The van der Waals surface area contributed by atoms with Crippen LogP contribution in [0.5, 0.6) is 11.5 Å². The molecule has 0 radical (unpaired) electrons. The molecule has 3 rings (SSSR count). The summed E-state index contributed by atoms with van der Waals surface area (Å²) in [6.45, 7) is 0.917. The van der Waals surface area contributed by atoms with Crippen LogP contribution in [-0.2, 0) is 13.2 Å². The molecule has 0 aromatic heterocycles. The van der Waals surface area contributed by atoms with E-state index in [4.69, 9.17) is 26.2 Å². The second-order valence-corrected chi connectivity index (χ2v) is 6.51. The van der Waals surface area contributed by atoms with Crippen LogP contribution in [0, 0.1) is 0 Å². The van der Waals surface area contributed by atoms with Crippen LogP contribution in [0.15, 0.2) is 66.7 Å². The van der Waals surface area contributed by atoms with Crippen molar-refractivity contribution in [1.29, 1.82) is 0 Å². The fourth-order valence-electron chi connectivity index (χ4n) is 2.66. The summed E-state index contributed by atoms with van der Waals surface area (Å²) >= 11 is 6.14. The average Bonchev–Trinajstić information content (AvgIpc) is 2.72. The van der Waals surface area contributed by atoms with Gasteiger partial charge in [-0.15, -0.1) is 0 Å². The van der Waals surface area contributed by atoms with Crippen LogP contribution in [-0.4, -0.2) is 18.2 Å². The predicted molar refractivity (Wildman–Crippen MR) is 110 cm³/mol. The van der Waals surface area contributed by atoms with Crippen LogP contribution in [0.1, 0.15) is 21.5 Å². The van der Waals surface area contributed by atoms with Crippen molar-refractivity contribution in [2.45, 2.75) is 13.2 Å². The summed E-state index contributed by atoms with van der Waals surface area (Å²) in [5, 5.41) is 13.0. The molecule has 0 saturated carbocycles. The normalized spacial score (nSPS) is 10.4. The van der Waals surface area contributed by atoms with Gasteiger partial charge in [-0.2, -0.15) is 0 Å². The molecule has 0 unspecified atom stereocenters. The monoisotopic (exact) mass is 397 g/mol. The molecule has 5 nitrogen and oxygen atoms in total. The Labute approximate surface area is 168 Å². The first kappa shape index (κ1) is 19.6. The van der Waals surface area contributed by atoms with E-state index in [0.29, 0.717) is 29.6 Å². The third-order valence-corrected chi connectivity index (χ3v) is 4.57. The maximum atomic E-state index is 11.2. The molecule has 0 aliphatic carbocycles. The van der Waals surface area contributed by atoms with Gasteiger partial charge in [0.15, 0.2) is 0 Å². The van der Waals surface area contributed by atoms with Crippen molar-refractivity contribution >= 4 is 23.3 Å². The second-order valence-electron chi connectivity index (χ2n) is 6.10. The zero-order valence-corrected chi connectivity index (χ0v) is 16.1. The number of halogens is 1.